The van der Waals surface area contributed by atoms with Crippen LogP contribution in [0.5, 0.6) is 0 Å². The van der Waals surface area contributed by atoms with Crippen LogP contribution in [0.1, 0.15) is 18.7 Å². The summed E-state index contributed by atoms with van der Waals surface area (Å²) in [7, 11) is 0. The first-order valence-electron chi connectivity index (χ1n) is 5.63. The first-order chi connectivity index (χ1) is 7.66. The van der Waals surface area contributed by atoms with Gasteiger partial charge in [-0.1, -0.05) is 11.6 Å². The van der Waals surface area contributed by atoms with Gasteiger partial charge in [-0.3, -0.25) is 9.36 Å². The summed E-state index contributed by atoms with van der Waals surface area (Å²) < 4.78 is 1.68. The molecule has 0 N–H and O–H groups in total. The van der Waals surface area contributed by atoms with Crippen molar-refractivity contribution in [3.05, 3.63) is 27.4 Å². The Morgan fingerprint density at radius 2 is 2.06 bits per heavy atom. The number of aromatic nitrogens is 2. The van der Waals surface area contributed by atoms with Gasteiger partial charge in [0.2, 0.25) is 0 Å². The molecule has 0 saturated carbocycles. The lowest BCUT2D eigenvalue weighted by Gasteiger charge is -2.16. The van der Waals surface area contributed by atoms with Crippen LogP contribution in [0, 0.1) is 6.92 Å². The molecule has 2 rings (SSSR count). The number of aryl methyl sites for hydroxylation is 1. The second-order valence-corrected chi connectivity index (χ2v) is 4.55. The van der Waals surface area contributed by atoms with Crippen LogP contribution in [0.15, 0.2) is 10.9 Å². The van der Waals surface area contributed by atoms with Crippen LogP contribution in [0.25, 0.3) is 0 Å². The van der Waals surface area contributed by atoms with Crippen molar-refractivity contribution in [2.45, 2.75) is 26.3 Å². The third kappa shape index (κ3) is 2.62. The molecule has 4 nitrogen and oxygen atoms in total. The fourth-order valence-electron chi connectivity index (χ4n) is 2.11. The number of hydrogen-bond acceptors (Lipinski definition) is 3. The van der Waals surface area contributed by atoms with E-state index in [4.69, 9.17) is 11.6 Å². The van der Waals surface area contributed by atoms with Crippen LogP contribution >= 0.6 is 11.6 Å². The standard InChI is InChI=1S/C11H16ClN3O/c1-9-13-10(12)8-11(16)15(9)7-6-14-4-2-3-5-14/h8H,2-7H2,1H3. The van der Waals surface area contributed by atoms with Gasteiger partial charge in [0.05, 0.1) is 0 Å². The van der Waals surface area contributed by atoms with Gasteiger partial charge in [0.1, 0.15) is 11.0 Å². The summed E-state index contributed by atoms with van der Waals surface area (Å²) >= 11 is 5.71. The van der Waals surface area contributed by atoms with Crippen molar-refractivity contribution in [2.75, 3.05) is 19.6 Å². The monoisotopic (exact) mass is 241 g/mol. The van der Waals surface area contributed by atoms with E-state index in [0.29, 0.717) is 12.4 Å². The highest BCUT2D eigenvalue weighted by Gasteiger charge is 2.12. The van der Waals surface area contributed by atoms with E-state index in [1.54, 1.807) is 4.57 Å². The molecule has 1 aromatic rings. The van der Waals surface area contributed by atoms with E-state index in [-0.39, 0.29) is 10.7 Å². The van der Waals surface area contributed by atoms with Gasteiger partial charge in [-0.2, -0.15) is 0 Å². The zero-order chi connectivity index (χ0) is 11.5. The predicted octanol–water partition coefficient (Wildman–Crippen LogP) is 1.30. The van der Waals surface area contributed by atoms with Crippen molar-refractivity contribution in [2.24, 2.45) is 0 Å². The van der Waals surface area contributed by atoms with Gasteiger partial charge in [0.15, 0.2) is 0 Å². The Morgan fingerprint density at radius 1 is 1.38 bits per heavy atom. The minimum absolute atomic E-state index is 0.0586. The van der Waals surface area contributed by atoms with E-state index in [9.17, 15) is 4.79 Å². The average molecular weight is 242 g/mol. The normalized spacial score (nSPS) is 16.9. The van der Waals surface area contributed by atoms with Gasteiger partial charge < -0.3 is 4.90 Å². The van der Waals surface area contributed by atoms with Gasteiger partial charge in [-0.05, 0) is 32.9 Å². The Morgan fingerprint density at radius 3 is 2.69 bits per heavy atom. The van der Waals surface area contributed by atoms with Gasteiger partial charge >= 0.3 is 0 Å². The highest BCUT2D eigenvalue weighted by Crippen LogP contribution is 2.07. The van der Waals surface area contributed by atoms with Crippen molar-refractivity contribution < 1.29 is 0 Å². The van der Waals surface area contributed by atoms with Crippen LogP contribution < -0.4 is 5.56 Å². The molecule has 0 atom stereocenters. The molecule has 16 heavy (non-hydrogen) atoms. The maximum Gasteiger partial charge on any atom is 0.255 e. The van der Waals surface area contributed by atoms with Gasteiger partial charge in [0, 0.05) is 19.2 Å². The number of rotatable bonds is 3. The van der Waals surface area contributed by atoms with Gasteiger partial charge in [-0.15, -0.1) is 0 Å². The molecule has 0 unspecified atom stereocenters. The maximum absolute atomic E-state index is 11.7. The molecule has 5 heteroatoms. The largest absolute Gasteiger partial charge is 0.302 e. The van der Waals surface area contributed by atoms with Crippen molar-refractivity contribution in [1.82, 2.24) is 14.5 Å². The fourth-order valence-corrected chi connectivity index (χ4v) is 2.32. The fraction of sp³-hybridized carbons (Fsp3) is 0.636. The Hall–Kier alpha value is -0.870. The van der Waals surface area contributed by atoms with Gasteiger partial charge in [-0.25, -0.2) is 4.98 Å². The summed E-state index contributed by atoms with van der Waals surface area (Å²) in [5.41, 5.74) is -0.0586. The summed E-state index contributed by atoms with van der Waals surface area (Å²) in [4.78, 5) is 18.2. The Kier molecular flexibility index (Phi) is 3.61. The van der Waals surface area contributed by atoms with Crippen LogP contribution in [-0.4, -0.2) is 34.1 Å². The predicted molar refractivity (Wildman–Crippen MR) is 63.9 cm³/mol. The van der Waals surface area contributed by atoms with Crippen molar-refractivity contribution in [3.63, 3.8) is 0 Å². The molecule has 88 valence electrons. The molecule has 1 aliphatic heterocycles. The second kappa shape index (κ2) is 4.97. The van der Waals surface area contributed by atoms with E-state index in [1.807, 2.05) is 6.92 Å². The van der Waals surface area contributed by atoms with Crippen molar-refractivity contribution in [1.29, 1.82) is 0 Å². The second-order valence-electron chi connectivity index (χ2n) is 4.16. The number of likely N-dealkylation sites (tertiary alicyclic amines) is 1. The maximum atomic E-state index is 11.7. The van der Waals surface area contributed by atoms with E-state index in [2.05, 4.69) is 9.88 Å². The Labute approximate surface area is 99.9 Å². The van der Waals surface area contributed by atoms with Crippen LogP contribution in [0.3, 0.4) is 0 Å². The molecule has 1 saturated heterocycles. The molecule has 1 aromatic heterocycles. The van der Waals surface area contributed by atoms with Crippen molar-refractivity contribution >= 4 is 11.6 Å². The van der Waals surface area contributed by atoms with E-state index in [0.717, 1.165) is 19.6 Å². The molecule has 0 aliphatic carbocycles. The lowest BCUT2D eigenvalue weighted by atomic mass is 10.4. The Balaban J connectivity index is 2.06. The lowest BCUT2D eigenvalue weighted by molar-refractivity contribution is 0.318. The Bertz CT molecular complexity index is 424. The van der Waals surface area contributed by atoms with E-state index in [1.165, 1.54) is 18.9 Å². The molecule has 2 heterocycles. The average Bonchev–Trinajstić information content (AvgIpc) is 2.68. The highest BCUT2D eigenvalue weighted by atomic mass is 35.5. The number of halogens is 1. The molecule has 1 aliphatic rings. The summed E-state index contributed by atoms with van der Waals surface area (Å²) in [6, 6.07) is 1.37. The molecular weight excluding hydrogens is 226 g/mol. The van der Waals surface area contributed by atoms with Crippen LogP contribution in [0.4, 0.5) is 0 Å². The number of nitrogens with zero attached hydrogens (tertiary/aromatic N) is 3. The zero-order valence-electron chi connectivity index (χ0n) is 9.45. The number of hydrogen-bond donors (Lipinski definition) is 0. The third-order valence-corrected chi connectivity index (χ3v) is 3.20. The SMILES string of the molecule is Cc1nc(Cl)cc(=O)n1CCN1CCCC1. The topological polar surface area (TPSA) is 38.1 Å². The molecule has 0 aromatic carbocycles. The molecule has 0 bridgehead atoms. The lowest BCUT2D eigenvalue weighted by Crippen LogP contribution is -2.30. The summed E-state index contributed by atoms with van der Waals surface area (Å²) in [5, 5.41) is 0.278. The minimum atomic E-state index is -0.0586. The van der Waals surface area contributed by atoms with Crippen LogP contribution in [0.2, 0.25) is 5.15 Å². The molecule has 1 fully saturated rings. The molecule has 0 spiro atoms. The van der Waals surface area contributed by atoms with Crippen molar-refractivity contribution in [3.8, 4) is 0 Å². The highest BCUT2D eigenvalue weighted by molar-refractivity contribution is 6.29. The molecular formula is C11H16ClN3O. The summed E-state index contributed by atoms with van der Waals surface area (Å²) in [5.74, 6) is 0.691. The quantitative estimate of drug-likeness (QED) is 0.749. The van der Waals surface area contributed by atoms with Gasteiger partial charge in [0.25, 0.3) is 5.56 Å². The minimum Gasteiger partial charge on any atom is -0.302 e. The smallest absolute Gasteiger partial charge is 0.255 e. The van der Waals surface area contributed by atoms with E-state index < -0.39 is 0 Å². The molecule has 0 radical (unpaired) electrons. The first-order valence-corrected chi connectivity index (χ1v) is 6.01. The van der Waals surface area contributed by atoms with E-state index >= 15 is 0 Å². The van der Waals surface area contributed by atoms with Crippen LogP contribution in [-0.2, 0) is 6.54 Å². The third-order valence-electron chi connectivity index (χ3n) is 3.01. The first kappa shape index (κ1) is 11.6. The summed E-state index contributed by atoms with van der Waals surface area (Å²) in [6.07, 6.45) is 2.54. The zero-order valence-corrected chi connectivity index (χ0v) is 10.2. The summed E-state index contributed by atoms with van der Waals surface area (Å²) in [6.45, 7) is 5.74. The molecule has 0 amide bonds.